The van der Waals surface area contributed by atoms with Gasteiger partial charge in [0.25, 0.3) is 11.8 Å². The Hall–Kier alpha value is -2.47. The molecule has 3 aromatic rings. The number of amides is 1. The molecule has 1 amide bonds. The van der Waals surface area contributed by atoms with Gasteiger partial charge in [0.2, 0.25) is 5.82 Å². The van der Waals surface area contributed by atoms with Crippen LogP contribution in [0, 0.1) is 6.92 Å². The summed E-state index contributed by atoms with van der Waals surface area (Å²) in [6.45, 7) is 6.05. The van der Waals surface area contributed by atoms with Crippen LogP contribution in [0.15, 0.2) is 40.9 Å². The Bertz CT molecular complexity index is 836. The molecule has 6 heteroatoms. The lowest BCUT2D eigenvalue weighted by Crippen LogP contribution is -2.31. The lowest BCUT2D eigenvalue weighted by atomic mass is 10.1. The highest BCUT2D eigenvalue weighted by Gasteiger charge is 2.16. The summed E-state index contributed by atoms with van der Waals surface area (Å²) < 4.78 is 5.34. The maximum Gasteiger partial charge on any atom is 0.261 e. The summed E-state index contributed by atoms with van der Waals surface area (Å²) in [4.78, 5) is 18.0. The zero-order chi connectivity index (χ0) is 17.1. The summed E-state index contributed by atoms with van der Waals surface area (Å²) >= 11 is 1.36. The van der Waals surface area contributed by atoms with Crippen molar-refractivity contribution in [2.24, 2.45) is 0 Å². The first-order chi connectivity index (χ1) is 11.6. The van der Waals surface area contributed by atoms with E-state index in [2.05, 4.69) is 15.5 Å². The molecule has 0 spiro atoms. The minimum atomic E-state index is -0.0668. The van der Waals surface area contributed by atoms with E-state index in [1.165, 1.54) is 16.9 Å². The molecule has 1 atom stereocenters. The third-order valence-electron chi connectivity index (χ3n) is 3.76. The first-order valence-electron chi connectivity index (χ1n) is 7.88. The third-order valence-corrected chi connectivity index (χ3v) is 4.84. The molecule has 0 aliphatic heterocycles. The predicted octanol–water partition coefficient (Wildman–Crippen LogP) is 4.30. The summed E-state index contributed by atoms with van der Waals surface area (Å²) in [6, 6.07) is 11.7. The van der Waals surface area contributed by atoms with Crippen molar-refractivity contribution < 1.29 is 9.32 Å². The van der Waals surface area contributed by atoms with E-state index < -0.39 is 0 Å². The van der Waals surface area contributed by atoms with Gasteiger partial charge in [-0.25, -0.2) is 0 Å². The number of aromatic nitrogens is 2. The summed E-state index contributed by atoms with van der Waals surface area (Å²) in [6.07, 6.45) is 0.898. The normalized spacial score (nSPS) is 12.1. The fourth-order valence-electron chi connectivity index (χ4n) is 2.11. The summed E-state index contributed by atoms with van der Waals surface area (Å²) in [5.41, 5.74) is 2.05. The molecule has 0 saturated heterocycles. The van der Waals surface area contributed by atoms with Crippen molar-refractivity contribution >= 4 is 17.2 Å². The summed E-state index contributed by atoms with van der Waals surface area (Å²) in [5.74, 6) is 0.907. The van der Waals surface area contributed by atoms with Crippen LogP contribution in [0.3, 0.4) is 0 Å². The van der Waals surface area contributed by atoms with E-state index in [4.69, 9.17) is 4.52 Å². The molecule has 5 nitrogen and oxygen atoms in total. The molecule has 0 bridgehead atoms. The fraction of sp³-hybridized carbons (Fsp3) is 0.278. The van der Waals surface area contributed by atoms with Crippen molar-refractivity contribution in [2.75, 3.05) is 0 Å². The average molecular weight is 341 g/mol. The molecule has 124 valence electrons. The largest absolute Gasteiger partial charge is 0.349 e. The molecular weight excluding hydrogens is 322 g/mol. The van der Waals surface area contributed by atoms with Crippen molar-refractivity contribution in [1.29, 1.82) is 0 Å². The molecule has 1 aromatic carbocycles. The Kier molecular flexibility index (Phi) is 4.76. The van der Waals surface area contributed by atoms with Gasteiger partial charge in [0, 0.05) is 11.6 Å². The van der Waals surface area contributed by atoms with Crippen LogP contribution < -0.4 is 5.32 Å². The topological polar surface area (TPSA) is 68.0 Å². The maximum absolute atomic E-state index is 12.2. The van der Waals surface area contributed by atoms with E-state index in [0.717, 1.165) is 16.9 Å². The van der Waals surface area contributed by atoms with Crippen LogP contribution in [0.1, 0.15) is 35.5 Å². The minimum absolute atomic E-state index is 0.0668. The van der Waals surface area contributed by atoms with Crippen LogP contribution in [-0.4, -0.2) is 22.1 Å². The second-order valence-electron chi connectivity index (χ2n) is 5.74. The highest BCUT2D eigenvalue weighted by atomic mass is 32.1. The minimum Gasteiger partial charge on any atom is -0.349 e. The first-order valence-corrected chi connectivity index (χ1v) is 8.70. The van der Waals surface area contributed by atoms with Crippen molar-refractivity contribution in [3.8, 4) is 22.2 Å². The Morgan fingerprint density at radius 1 is 1.25 bits per heavy atom. The number of hydrogen-bond donors (Lipinski definition) is 1. The lowest BCUT2D eigenvalue weighted by molar-refractivity contribution is 0.0943. The van der Waals surface area contributed by atoms with Crippen molar-refractivity contribution in [3.05, 3.63) is 46.8 Å². The van der Waals surface area contributed by atoms with Crippen molar-refractivity contribution in [3.63, 3.8) is 0 Å². The predicted molar refractivity (Wildman–Crippen MR) is 95.0 cm³/mol. The number of thiophene rings is 1. The van der Waals surface area contributed by atoms with Crippen LogP contribution in [-0.2, 0) is 0 Å². The zero-order valence-corrected chi connectivity index (χ0v) is 14.7. The molecule has 24 heavy (non-hydrogen) atoms. The number of rotatable bonds is 5. The van der Waals surface area contributed by atoms with E-state index >= 15 is 0 Å². The van der Waals surface area contributed by atoms with Gasteiger partial charge in [0.15, 0.2) is 0 Å². The fourth-order valence-corrected chi connectivity index (χ4v) is 2.95. The molecule has 3 rings (SSSR count). The van der Waals surface area contributed by atoms with Crippen molar-refractivity contribution in [2.45, 2.75) is 33.2 Å². The number of hydrogen-bond acceptors (Lipinski definition) is 5. The SMILES string of the molecule is CC[C@@H](C)NC(=O)c1ccc(-c2noc(-c3ccc(C)cc3)n2)s1. The number of nitrogens with one attached hydrogen (secondary N) is 1. The Balaban J connectivity index is 1.78. The van der Waals surface area contributed by atoms with Gasteiger partial charge < -0.3 is 9.84 Å². The Labute approximate surface area is 144 Å². The molecule has 0 unspecified atom stereocenters. The maximum atomic E-state index is 12.2. The van der Waals surface area contributed by atoms with Gasteiger partial charge in [0.1, 0.15) is 0 Å². The van der Waals surface area contributed by atoms with Gasteiger partial charge in [-0.2, -0.15) is 4.98 Å². The van der Waals surface area contributed by atoms with Crippen LogP contribution in [0.5, 0.6) is 0 Å². The standard InChI is InChI=1S/C18H19N3O2S/c1-4-12(3)19-17(22)15-10-9-14(24-15)16-20-18(23-21-16)13-7-5-11(2)6-8-13/h5-10,12H,4H2,1-3H3,(H,19,22)/t12-/m1/s1. The van der Waals surface area contributed by atoms with Gasteiger partial charge >= 0.3 is 0 Å². The Morgan fingerprint density at radius 2 is 2.00 bits per heavy atom. The van der Waals surface area contributed by atoms with Crippen molar-refractivity contribution in [1.82, 2.24) is 15.5 Å². The lowest BCUT2D eigenvalue weighted by Gasteiger charge is -2.09. The second-order valence-corrected chi connectivity index (χ2v) is 6.82. The highest BCUT2D eigenvalue weighted by molar-refractivity contribution is 7.17. The van der Waals surface area contributed by atoms with E-state index in [0.29, 0.717) is 16.6 Å². The van der Waals surface area contributed by atoms with E-state index in [1.54, 1.807) is 6.07 Å². The monoisotopic (exact) mass is 341 g/mol. The number of carbonyl (C=O) groups is 1. The summed E-state index contributed by atoms with van der Waals surface area (Å²) in [7, 11) is 0. The van der Waals surface area contributed by atoms with Gasteiger partial charge in [-0.05, 0) is 44.5 Å². The summed E-state index contributed by atoms with van der Waals surface area (Å²) in [5, 5.41) is 6.98. The first kappa shape index (κ1) is 16.4. The van der Waals surface area contributed by atoms with E-state index in [1.807, 2.05) is 51.1 Å². The number of benzene rings is 1. The molecule has 0 aliphatic carbocycles. The molecular formula is C18H19N3O2S. The number of carbonyl (C=O) groups excluding carboxylic acids is 1. The second kappa shape index (κ2) is 6.97. The highest BCUT2D eigenvalue weighted by Crippen LogP contribution is 2.28. The van der Waals surface area contributed by atoms with Crippen LogP contribution in [0.2, 0.25) is 0 Å². The zero-order valence-electron chi connectivity index (χ0n) is 13.9. The average Bonchev–Trinajstić information content (AvgIpc) is 3.24. The van der Waals surface area contributed by atoms with Gasteiger partial charge in [0.05, 0.1) is 9.75 Å². The molecule has 0 radical (unpaired) electrons. The molecule has 2 aromatic heterocycles. The van der Waals surface area contributed by atoms with Crippen LogP contribution in [0.25, 0.3) is 22.2 Å². The van der Waals surface area contributed by atoms with Gasteiger partial charge in [-0.3, -0.25) is 4.79 Å². The van der Waals surface area contributed by atoms with E-state index in [9.17, 15) is 4.79 Å². The third kappa shape index (κ3) is 3.54. The smallest absolute Gasteiger partial charge is 0.261 e. The van der Waals surface area contributed by atoms with Crippen LogP contribution in [0.4, 0.5) is 0 Å². The van der Waals surface area contributed by atoms with Gasteiger partial charge in [-0.15, -0.1) is 11.3 Å². The number of nitrogens with zero attached hydrogens (tertiary/aromatic N) is 2. The molecule has 0 fully saturated rings. The Morgan fingerprint density at radius 3 is 2.71 bits per heavy atom. The van der Waals surface area contributed by atoms with E-state index in [-0.39, 0.29) is 11.9 Å². The number of aryl methyl sites for hydroxylation is 1. The molecule has 1 N–H and O–H groups in total. The van der Waals surface area contributed by atoms with Crippen LogP contribution >= 0.6 is 11.3 Å². The molecule has 0 saturated carbocycles. The van der Waals surface area contributed by atoms with Gasteiger partial charge in [-0.1, -0.05) is 29.8 Å². The quantitative estimate of drug-likeness (QED) is 0.751. The molecule has 2 heterocycles. The molecule has 0 aliphatic rings.